The quantitative estimate of drug-likeness (QED) is 0.781. The van der Waals surface area contributed by atoms with E-state index in [1.54, 1.807) is 13.0 Å². The Hall–Kier alpha value is -1.57. The van der Waals surface area contributed by atoms with Crippen LogP contribution in [0.3, 0.4) is 0 Å². The number of carbonyl (C=O) groups is 1. The van der Waals surface area contributed by atoms with Gasteiger partial charge >= 0.3 is 5.97 Å². The van der Waals surface area contributed by atoms with E-state index in [-0.39, 0.29) is 0 Å². The van der Waals surface area contributed by atoms with E-state index in [0.717, 1.165) is 12.8 Å². The highest BCUT2D eigenvalue weighted by Gasteiger charge is 2.05. The summed E-state index contributed by atoms with van der Waals surface area (Å²) in [5.74, 6) is -0.360. The molecule has 1 rings (SSSR count). The molecular weight excluding hydrogens is 212 g/mol. The van der Waals surface area contributed by atoms with Crippen molar-refractivity contribution in [3.63, 3.8) is 0 Å². The van der Waals surface area contributed by atoms with E-state index < -0.39 is 5.97 Å². The molecule has 0 aliphatic carbocycles. The molecule has 0 saturated heterocycles. The predicted molar refractivity (Wildman–Crippen MR) is 70.2 cm³/mol. The largest absolute Gasteiger partial charge is 0.478 e. The Labute approximate surface area is 103 Å². The lowest BCUT2D eigenvalue weighted by atomic mass is 9.95. The Balaban J connectivity index is 2.50. The molecule has 17 heavy (non-hydrogen) atoms. The third kappa shape index (κ3) is 4.43. The first-order valence-corrected chi connectivity index (χ1v) is 5.97. The van der Waals surface area contributed by atoms with Crippen molar-refractivity contribution in [3.05, 3.63) is 47.0 Å². The molecule has 0 aromatic heterocycles. The molecule has 0 saturated carbocycles. The zero-order valence-corrected chi connectivity index (χ0v) is 10.7. The molecule has 0 heterocycles. The Morgan fingerprint density at radius 1 is 1.35 bits per heavy atom. The summed E-state index contributed by atoms with van der Waals surface area (Å²) < 4.78 is 0. The summed E-state index contributed by atoms with van der Waals surface area (Å²) in [5.41, 5.74) is 3.01. The minimum atomic E-state index is -0.826. The normalized spacial score (nSPS) is 13.5. The maximum Gasteiger partial charge on any atom is 0.330 e. The molecule has 0 bridgehead atoms. The van der Waals surface area contributed by atoms with Crippen molar-refractivity contribution in [2.75, 3.05) is 0 Å². The monoisotopic (exact) mass is 232 g/mol. The van der Waals surface area contributed by atoms with Crippen molar-refractivity contribution < 1.29 is 9.90 Å². The van der Waals surface area contributed by atoms with Crippen LogP contribution >= 0.6 is 0 Å². The highest BCUT2D eigenvalue weighted by molar-refractivity contribution is 5.85. The van der Waals surface area contributed by atoms with Crippen LogP contribution in [0, 0.1) is 6.92 Å². The molecule has 2 nitrogen and oxygen atoms in total. The van der Waals surface area contributed by atoms with E-state index in [1.165, 1.54) is 11.1 Å². The smallest absolute Gasteiger partial charge is 0.330 e. The lowest BCUT2D eigenvalue weighted by Crippen LogP contribution is -1.97. The van der Waals surface area contributed by atoms with Crippen molar-refractivity contribution in [2.45, 2.75) is 39.5 Å². The van der Waals surface area contributed by atoms with Gasteiger partial charge in [0, 0.05) is 5.57 Å². The van der Waals surface area contributed by atoms with Crippen LogP contribution in [-0.2, 0) is 4.79 Å². The van der Waals surface area contributed by atoms with Crippen LogP contribution in [0.4, 0.5) is 0 Å². The van der Waals surface area contributed by atoms with Gasteiger partial charge in [0.15, 0.2) is 0 Å². The molecule has 1 N–H and O–H groups in total. The molecule has 0 aliphatic heterocycles. The molecule has 0 fully saturated rings. The third-order valence-corrected chi connectivity index (χ3v) is 3.03. The summed E-state index contributed by atoms with van der Waals surface area (Å²) in [5, 5.41) is 8.73. The third-order valence-electron chi connectivity index (χ3n) is 3.03. The molecule has 1 aromatic carbocycles. The highest BCUT2D eigenvalue weighted by atomic mass is 16.4. The van der Waals surface area contributed by atoms with Crippen molar-refractivity contribution in [1.29, 1.82) is 0 Å². The fourth-order valence-electron chi connectivity index (χ4n) is 1.70. The Morgan fingerprint density at radius 2 is 1.94 bits per heavy atom. The van der Waals surface area contributed by atoms with Gasteiger partial charge in [-0.1, -0.05) is 42.8 Å². The van der Waals surface area contributed by atoms with Crippen LogP contribution in [0.5, 0.6) is 0 Å². The van der Waals surface area contributed by atoms with Gasteiger partial charge in [-0.15, -0.1) is 0 Å². The second-order valence-corrected chi connectivity index (χ2v) is 4.58. The van der Waals surface area contributed by atoms with Crippen LogP contribution in [-0.4, -0.2) is 11.1 Å². The van der Waals surface area contributed by atoms with Gasteiger partial charge in [-0.05, 0) is 38.2 Å². The summed E-state index contributed by atoms with van der Waals surface area (Å²) in [6.07, 6.45) is 3.59. The van der Waals surface area contributed by atoms with Crippen molar-refractivity contribution in [2.24, 2.45) is 0 Å². The zero-order valence-electron chi connectivity index (χ0n) is 10.7. The number of benzene rings is 1. The van der Waals surface area contributed by atoms with Gasteiger partial charge in [0.1, 0.15) is 0 Å². The van der Waals surface area contributed by atoms with Crippen LogP contribution in [0.2, 0.25) is 0 Å². The van der Waals surface area contributed by atoms with Gasteiger partial charge < -0.3 is 5.11 Å². The lowest BCUT2D eigenvalue weighted by molar-refractivity contribution is -0.132. The van der Waals surface area contributed by atoms with E-state index in [1.807, 2.05) is 0 Å². The first-order chi connectivity index (χ1) is 8.00. The first kappa shape index (κ1) is 13.5. The zero-order chi connectivity index (χ0) is 12.8. The molecular formula is C15H20O2. The Morgan fingerprint density at radius 3 is 2.47 bits per heavy atom. The van der Waals surface area contributed by atoms with Gasteiger partial charge in [0.25, 0.3) is 0 Å². The number of rotatable bonds is 5. The fourth-order valence-corrected chi connectivity index (χ4v) is 1.70. The number of aryl methyl sites for hydroxylation is 1. The maximum atomic E-state index is 10.6. The second kappa shape index (κ2) is 6.24. The van der Waals surface area contributed by atoms with Crippen molar-refractivity contribution >= 4 is 5.97 Å². The molecule has 0 radical (unpaired) electrons. The molecule has 0 spiro atoms. The average molecular weight is 232 g/mol. The topological polar surface area (TPSA) is 37.3 Å². The number of carboxylic acid groups (broad SMARTS) is 1. The number of allylic oxidation sites excluding steroid dienone is 1. The fraction of sp³-hybridized carbons (Fsp3) is 0.400. The van der Waals surface area contributed by atoms with Gasteiger partial charge in [0.2, 0.25) is 0 Å². The van der Waals surface area contributed by atoms with Gasteiger partial charge in [-0.3, -0.25) is 0 Å². The van der Waals surface area contributed by atoms with E-state index in [4.69, 9.17) is 5.11 Å². The minimum Gasteiger partial charge on any atom is -0.478 e. The van der Waals surface area contributed by atoms with Gasteiger partial charge in [0.05, 0.1) is 0 Å². The minimum absolute atomic E-state index is 0.432. The molecule has 1 atom stereocenters. The predicted octanol–water partition coefficient (Wildman–Crippen LogP) is 3.91. The summed E-state index contributed by atoms with van der Waals surface area (Å²) in [6.45, 7) is 5.89. The standard InChI is InChI=1S/C15H20O2/c1-11-7-9-14(10-8-11)12(2)5-4-6-13(3)15(16)17/h6-10,12H,4-5H2,1-3H3,(H,16,17)/t12-/m1/s1. The van der Waals surface area contributed by atoms with E-state index >= 15 is 0 Å². The molecule has 2 heteroatoms. The van der Waals surface area contributed by atoms with Crippen LogP contribution < -0.4 is 0 Å². The van der Waals surface area contributed by atoms with Crippen LogP contribution in [0.1, 0.15) is 43.7 Å². The second-order valence-electron chi connectivity index (χ2n) is 4.58. The lowest BCUT2D eigenvalue weighted by Gasteiger charge is -2.10. The van der Waals surface area contributed by atoms with Crippen molar-refractivity contribution in [1.82, 2.24) is 0 Å². The molecule has 92 valence electrons. The Bertz CT molecular complexity index is 401. The Kier molecular flexibility index (Phi) is 4.95. The summed E-state index contributed by atoms with van der Waals surface area (Å²) in [4.78, 5) is 10.6. The van der Waals surface area contributed by atoms with Crippen LogP contribution in [0.25, 0.3) is 0 Å². The van der Waals surface area contributed by atoms with E-state index in [2.05, 4.69) is 38.1 Å². The number of hydrogen-bond donors (Lipinski definition) is 1. The first-order valence-electron chi connectivity index (χ1n) is 5.97. The SMILES string of the molecule is CC(=CCC[C@@H](C)c1ccc(C)cc1)C(=O)O. The summed E-state index contributed by atoms with van der Waals surface area (Å²) in [7, 11) is 0. The number of aliphatic carboxylic acids is 1. The highest BCUT2D eigenvalue weighted by Crippen LogP contribution is 2.21. The van der Waals surface area contributed by atoms with Gasteiger partial charge in [-0.25, -0.2) is 4.79 Å². The van der Waals surface area contributed by atoms with Crippen molar-refractivity contribution in [3.8, 4) is 0 Å². The molecule has 0 amide bonds. The molecule has 1 aromatic rings. The van der Waals surface area contributed by atoms with E-state index in [0.29, 0.717) is 11.5 Å². The number of carboxylic acids is 1. The maximum absolute atomic E-state index is 10.6. The van der Waals surface area contributed by atoms with Crippen LogP contribution in [0.15, 0.2) is 35.9 Å². The van der Waals surface area contributed by atoms with Gasteiger partial charge in [-0.2, -0.15) is 0 Å². The molecule has 0 unspecified atom stereocenters. The average Bonchev–Trinajstić information content (AvgIpc) is 2.29. The summed E-state index contributed by atoms with van der Waals surface area (Å²) >= 11 is 0. The number of hydrogen-bond acceptors (Lipinski definition) is 1. The van der Waals surface area contributed by atoms with E-state index in [9.17, 15) is 4.79 Å². The summed E-state index contributed by atoms with van der Waals surface area (Å²) in [6, 6.07) is 8.52. The molecule has 0 aliphatic rings.